The molecule has 2 N–H and O–H groups in total. The van der Waals surface area contributed by atoms with Gasteiger partial charge in [-0.05, 0) is 38.3 Å². The van der Waals surface area contributed by atoms with Crippen LogP contribution in [0, 0.1) is 6.92 Å². The van der Waals surface area contributed by atoms with Gasteiger partial charge in [0.15, 0.2) is 0 Å². The van der Waals surface area contributed by atoms with Gasteiger partial charge in [-0.25, -0.2) is 0 Å². The highest BCUT2D eigenvalue weighted by molar-refractivity contribution is 5.75. The minimum atomic E-state index is 0.0803. The third kappa shape index (κ3) is 6.06. The van der Waals surface area contributed by atoms with Gasteiger partial charge in [0.1, 0.15) is 5.75 Å². The Morgan fingerprint density at radius 3 is 2.75 bits per heavy atom. The van der Waals surface area contributed by atoms with Crippen molar-refractivity contribution in [2.24, 2.45) is 5.73 Å². The van der Waals surface area contributed by atoms with Crippen molar-refractivity contribution in [3.8, 4) is 5.75 Å². The van der Waals surface area contributed by atoms with E-state index in [1.165, 1.54) is 0 Å². The van der Waals surface area contributed by atoms with E-state index in [0.29, 0.717) is 19.6 Å². The average molecular weight is 278 g/mol. The summed E-state index contributed by atoms with van der Waals surface area (Å²) in [5, 5.41) is 0. The van der Waals surface area contributed by atoms with Gasteiger partial charge < -0.3 is 15.4 Å². The molecule has 0 aliphatic rings. The van der Waals surface area contributed by atoms with Gasteiger partial charge in [0.25, 0.3) is 0 Å². The first-order valence-electron chi connectivity index (χ1n) is 7.18. The lowest BCUT2D eigenvalue weighted by Crippen LogP contribution is -2.30. The molecule has 4 heteroatoms. The number of hydrogen-bond donors (Lipinski definition) is 1. The number of benzene rings is 1. The molecule has 20 heavy (non-hydrogen) atoms. The summed E-state index contributed by atoms with van der Waals surface area (Å²) in [7, 11) is 1.83. The Morgan fingerprint density at radius 2 is 2.10 bits per heavy atom. The molecule has 0 bridgehead atoms. The molecular weight excluding hydrogens is 252 g/mol. The molecule has 0 saturated carbocycles. The molecule has 1 aromatic carbocycles. The Labute approximate surface area is 121 Å². The van der Waals surface area contributed by atoms with Gasteiger partial charge in [-0.3, -0.25) is 4.79 Å². The van der Waals surface area contributed by atoms with Crippen LogP contribution in [0.1, 0.15) is 31.7 Å². The predicted molar refractivity (Wildman–Crippen MR) is 81.8 cm³/mol. The smallest absolute Gasteiger partial charge is 0.222 e. The summed E-state index contributed by atoms with van der Waals surface area (Å²) in [5.74, 6) is 1.07. The van der Waals surface area contributed by atoms with Gasteiger partial charge in [-0.15, -0.1) is 0 Å². The van der Waals surface area contributed by atoms with Gasteiger partial charge in [0.05, 0.1) is 6.61 Å². The molecule has 0 aromatic heterocycles. The van der Waals surface area contributed by atoms with E-state index in [4.69, 9.17) is 10.5 Å². The molecule has 1 rings (SSSR count). The first-order valence-corrected chi connectivity index (χ1v) is 7.18. The zero-order valence-corrected chi connectivity index (χ0v) is 12.8. The minimum absolute atomic E-state index is 0.0803. The van der Waals surface area contributed by atoms with Gasteiger partial charge in [0, 0.05) is 26.1 Å². The quantitative estimate of drug-likeness (QED) is 0.743. The molecule has 1 unspecified atom stereocenters. The number of ether oxygens (including phenoxy) is 1. The van der Waals surface area contributed by atoms with Crippen molar-refractivity contribution in [2.75, 3.05) is 20.2 Å². The summed E-state index contributed by atoms with van der Waals surface area (Å²) in [6, 6.07) is 8.03. The van der Waals surface area contributed by atoms with E-state index in [-0.39, 0.29) is 11.9 Å². The van der Waals surface area contributed by atoms with Gasteiger partial charge in [-0.1, -0.05) is 18.2 Å². The van der Waals surface area contributed by atoms with Crippen LogP contribution < -0.4 is 10.5 Å². The summed E-state index contributed by atoms with van der Waals surface area (Å²) >= 11 is 0. The largest absolute Gasteiger partial charge is 0.493 e. The van der Waals surface area contributed by atoms with E-state index < -0.39 is 0 Å². The monoisotopic (exact) mass is 278 g/mol. The Kier molecular flexibility index (Phi) is 7.09. The van der Waals surface area contributed by atoms with E-state index >= 15 is 0 Å². The summed E-state index contributed by atoms with van der Waals surface area (Å²) in [5.41, 5.74) is 6.78. The zero-order chi connectivity index (χ0) is 15.0. The van der Waals surface area contributed by atoms with Crippen molar-refractivity contribution in [1.29, 1.82) is 0 Å². The maximum Gasteiger partial charge on any atom is 0.222 e. The summed E-state index contributed by atoms with van der Waals surface area (Å²) in [6.45, 7) is 5.28. The number of carbonyl (C=O) groups excluding carboxylic acids is 1. The first-order chi connectivity index (χ1) is 9.50. The molecule has 1 amide bonds. The van der Waals surface area contributed by atoms with Crippen LogP contribution in [0.2, 0.25) is 0 Å². The predicted octanol–water partition coefficient (Wildman–Crippen LogP) is 2.35. The Bertz CT molecular complexity index is 419. The number of hydrogen-bond acceptors (Lipinski definition) is 3. The maximum atomic E-state index is 11.8. The van der Waals surface area contributed by atoms with Crippen LogP contribution >= 0.6 is 0 Å². The van der Waals surface area contributed by atoms with Crippen molar-refractivity contribution >= 4 is 5.91 Å². The molecule has 0 heterocycles. The number of nitrogens with two attached hydrogens (primary N) is 1. The van der Waals surface area contributed by atoms with Crippen molar-refractivity contribution in [2.45, 2.75) is 39.2 Å². The standard InChI is InChI=1S/C16H26N2O2/c1-13-7-4-5-8-15(13)20-12-6-11-18(3)16(19)10-9-14(2)17/h4-5,7-8,14H,6,9-12,17H2,1-3H3. The van der Waals surface area contributed by atoms with Crippen LogP contribution in [0.15, 0.2) is 24.3 Å². The molecule has 112 valence electrons. The first kappa shape index (κ1) is 16.5. The Morgan fingerprint density at radius 1 is 1.40 bits per heavy atom. The van der Waals surface area contributed by atoms with E-state index in [0.717, 1.165) is 24.2 Å². The fourth-order valence-corrected chi connectivity index (χ4v) is 1.87. The second kappa shape index (κ2) is 8.59. The normalized spacial score (nSPS) is 12.0. The van der Waals surface area contributed by atoms with Crippen LogP contribution in [0.5, 0.6) is 5.75 Å². The maximum absolute atomic E-state index is 11.8. The molecule has 0 saturated heterocycles. The van der Waals surface area contributed by atoms with Gasteiger partial charge >= 0.3 is 0 Å². The van der Waals surface area contributed by atoms with Gasteiger partial charge in [0.2, 0.25) is 5.91 Å². The molecule has 1 aromatic rings. The van der Waals surface area contributed by atoms with E-state index in [9.17, 15) is 4.79 Å². The Balaban J connectivity index is 2.20. The Hall–Kier alpha value is -1.55. The number of amides is 1. The van der Waals surface area contributed by atoms with Crippen LogP contribution in [-0.2, 0) is 4.79 Å². The van der Waals surface area contributed by atoms with Crippen molar-refractivity contribution in [3.63, 3.8) is 0 Å². The molecule has 0 aliphatic heterocycles. The van der Waals surface area contributed by atoms with E-state index in [1.54, 1.807) is 4.90 Å². The molecule has 0 spiro atoms. The lowest BCUT2D eigenvalue weighted by molar-refractivity contribution is -0.130. The molecule has 0 fully saturated rings. The second-order valence-corrected chi connectivity index (χ2v) is 5.30. The fourth-order valence-electron chi connectivity index (χ4n) is 1.87. The number of aryl methyl sites for hydroxylation is 1. The molecular formula is C16H26N2O2. The second-order valence-electron chi connectivity index (χ2n) is 5.30. The van der Waals surface area contributed by atoms with Crippen molar-refractivity contribution in [1.82, 2.24) is 4.90 Å². The third-order valence-electron chi connectivity index (χ3n) is 3.23. The summed E-state index contributed by atoms with van der Waals surface area (Å²) < 4.78 is 5.71. The number of nitrogens with zero attached hydrogens (tertiary/aromatic N) is 1. The third-order valence-corrected chi connectivity index (χ3v) is 3.23. The van der Waals surface area contributed by atoms with E-state index in [1.807, 2.05) is 45.2 Å². The molecule has 4 nitrogen and oxygen atoms in total. The highest BCUT2D eigenvalue weighted by Gasteiger charge is 2.09. The minimum Gasteiger partial charge on any atom is -0.493 e. The fraction of sp³-hybridized carbons (Fsp3) is 0.562. The molecule has 1 atom stereocenters. The zero-order valence-electron chi connectivity index (χ0n) is 12.8. The topological polar surface area (TPSA) is 55.6 Å². The number of rotatable bonds is 8. The van der Waals surface area contributed by atoms with Crippen LogP contribution in [0.4, 0.5) is 0 Å². The van der Waals surface area contributed by atoms with Gasteiger partial charge in [-0.2, -0.15) is 0 Å². The molecule has 0 radical (unpaired) electrons. The highest BCUT2D eigenvalue weighted by atomic mass is 16.5. The van der Waals surface area contributed by atoms with Crippen LogP contribution in [0.3, 0.4) is 0 Å². The lowest BCUT2D eigenvalue weighted by atomic mass is 10.2. The molecule has 0 aliphatic carbocycles. The SMILES string of the molecule is Cc1ccccc1OCCCN(C)C(=O)CCC(C)N. The van der Waals surface area contributed by atoms with E-state index in [2.05, 4.69) is 0 Å². The van der Waals surface area contributed by atoms with Crippen molar-refractivity contribution in [3.05, 3.63) is 29.8 Å². The van der Waals surface area contributed by atoms with Crippen LogP contribution in [-0.4, -0.2) is 37.0 Å². The summed E-state index contributed by atoms with van der Waals surface area (Å²) in [6.07, 6.45) is 2.09. The number of para-hydroxylation sites is 1. The lowest BCUT2D eigenvalue weighted by Gasteiger charge is -2.18. The summed E-state index contributed by atoms with van der Waals surface area (Å²) in [4.78, 5) is 13.5. The van der Waals surface area contributed by atoms with Crippen molar-refractivity contribution < 1.29 is 9.53 Å². The van der Waals surface area contributed by atoms with Crippen LogP contribution in [0.25, 0.3) is 0 Å². The number of carbonyl (C=O) groups is 1. The average Bonchev–Trinajstić information content (AvgIpc) is 2.42. The highest BCUT2D eigenvalue weighted by Crippen LogP contribution is 2.16.